The lowest BCUT2D eigenvalue weighted by molar-refractivity contribution is 0.535. The van der Waals surface area contributed by atoms with E-state index in [4.69, 9.17) is 0 Å². The van der Waals surface area contributed by atoms with Crippen LogP contribution in [0.4, 0.5) is 0 Å². The van der Waals surface area contributed by atoms with Crippen molar-refractivity contribution in [1.82, 2.24) is 10.3 Å². The maximum atomic E-state index is 4.46. The third kappa shape index (κ3) is 3.92. The Hall–Kier alpha value is -0.410. The molecular formula is C12H22N2S. The summed E-state index contributed by atoms with van der Waals surface area (Å²) >= 11 is 1.75. The summed E-state index contributed by atoms with van der Waals surface area (Å²) in [5.74, 6) is 0.705. The van der Waals surface area contributed by atoms with Gasteiger partial charge in [0.25, 0.3) is 0 Å². The highest BCUT2D eigenvalue weighted by Gasteiger charge is 2.20. The molecule has 1 N–H and O–H groups in total. The van der Waals surface area contributed by atoms with E-state index in [1.807, 2.05) is 5.51 Å². The molecule has 15 heavy (non-hydrogen) atoms. The molecule has 0 amide bonds. The number of aromatic nitrogens is 1. The Bertz CT molecular complexity index is 297. The van der Waals surface area contributed by atoms with E-state index < -0.39 is 0 Å². The highest BCUT2D eigenvalue weighted by Crippen LogP contribution is 2.26. The minimum atomic E-state index is 0.162. The van der Waals surface area contributed by atoms with E-state index in [0.29, 0.717) is 5.92 Å². The molecule has 0 aliphatic rings. The Morgan fingerprint density at radius 3 is 2.60 bits per heavy atom. The monoisotopic (exact) mass is 226 g/mol. The van der Waals surface area contributed by atoms with Crippen molar-refractivity contribution in [3.63, 3.8) is 0 Å². The maximum Gasteiger partial charge on any atom is 0.0798 e. The molecule has 0 aliphatic carbocycles. The molecule has 0 atom stereocenters. The topological polar surface area (TPSA) is 24.9 Å². The van der Waals surface area contributed by atoms with E-state index in [1.54, 1.807) is 11.3 Å². The van der Waals surface area contributed by atoms with Crippen LogP contribution >= 0.6 is 11.3 Å². The van der Waals surface area contributed by atoms with Crippen molar-refractivity contribution in [2.24, 2.45) is 5.92 Å². The van der Waals surface area contributed by atoms with E-state index in [2.05, 4.69) is 44.9 Å². The first kappa shape index (κ1) is 12.7. The van der Waals surface area contributed by atoms with E-state index in [0.717, 1.165) is 13.1 Å². The molecule has 3 heteroatoms. The van der Waals surface area contributed by atoms with Crippen molar-refractivity contribution in [2.45, 2.75) is 46.6 Å². The fourth-order valence-corrected chi connectivity index (χ4v) is 2.42. The minimum absolute atomic E-state index is 0.162. The van der Waals surface area contributed by atoms with Crippen LogP contribution in [-0.2, 0) is 12.0 Å². The summed E-state index contributed by atoms with van der Waals surface area (Å²) in [4.78, 5) is 5.84. The molecule has 86 valence electrons. The largest absolute Gasteiger partial charge is 0.312 e. The smallest absolute Gasteiger partial charge is 0.0798 e. The lowest BCUT2D eigenvalue weighted by Crippen LogP contribution is -2.21. The van der Waals surface area contributed by atoms with Crippen LogP contribution in [0.1, 0.15) is 45.2 Å². The first-order valence-electron chi connectivity index (χ1n) is 5.55. The number of nitrogens with one attached hydrogen (secondary N) is 1. The number of hydrogen-bond acceptors (Lipinski definition) is 3. The molecule has 0 aromatic carbocycles. The zero-order valence-corrected chi connectivity index (χ0v) is 11.2. The lowest BCUT2D eigenvalue weighted by Gasteiger charge is -2.18. The molecule has 0 aliphatic heterocycles. The van der Waals surface area contributed by atoms with Gasteiger partial charge in [-0.25, -0.2) is 4.98 Å². The molecule has 2 nitrogen and oxygen atoms in total. The summed E-state index contributed by atoms with van der Waals surface area (Å²) in [6.07, 6.45) is 0. The van der Waals surface area contributed by atoms with Gasteiger partial charge >= 0.3 is 0 Å². The zero-order valence-electron chi connectivity index (χ0n) is 10.4. The Morgan fingerprint density at radius 2 is 2.07 bits per heavy atom. The molecule has 0 spiro atoms. The predicted molar refractivity (Wildman–Crippen MR) is 67.4 cm³/mol. The van der Waals surface area contributed by atoms with E-state index >= 15 is 0 Å². The second-order valence-electron chi connectivity index (χ2n) is 5.40. The summed E-state index contributed by atoms with van der Waals surface area (Å²) in [5.41, 5.74) is 3.35. The van der Waals surface area contributed by atoms with Crippen LogP contribution in [0.25, 0.3) is 0 Å². The van der Waals surface area contributed by atoms with Crippen molar-refractivity contribution in [3.8, 4) is 0 Å². The van der Waals surface area contributed by atoms with Gasteiger partial charge in [-0.2, -0.15) is 0 Å². The van der Waals surface area contributed by atoms with Crippen molar-refractivity contribution in [3.05, 3.63) is 16.1 Å². The van der Waals surface area contributed by atoms with E-state index in [1.165, 1.54) is 10.6 Å². The summed E-state index contributed by atoms with van der Waals surface area (Å²) in [6.45, 7) is 13.1. The normalized spacial score (nSPS) is 12.4. The van der Waals surface area contributed by atoms with Gasteiger partial charge in [-0.3, -0.25) is 0 Å². The van der Waals surface area contributed by atoms with Crippen LogP contribution in [0.3, 0.4) is 0 Å². The highest BCUT2D eigenvalue weighted by molar-refractivity contribution is 7.09. The fourth-order valence-electron chi connectivity index (χ4n) is 1.48. The summed E-state index contributed by atoms with van der Waals surface area (Å²) in [6, 6.07) is 0. The maximum absolute atomic E-state index is 4.46. The van der Waals surface area contributed by atoms with Gasteiger partial charge in [0.2, 0.25) is 0 Å². The van der Waals surface area contributed by atoms with Gasteiger partial charge in [0, 0.05) is 16.8 Å². The zero-order chi connectivity index (χ0) is 11.5. The van der Waals surface area contributed by atoms with Gasteiger partial charge in [0.15, 0.2) is 0 Å². The summed E-state index contributed by atoms with van der Waals surface area (Å²) in [7, 11) is 0. The molecule has 0 fully saturated rings. The Morgan fingerprint density at radius 1 is 1.40 bits per heavy atom. The van der Waals surface area contributed by atoms with Gasteiger partial charge in [0.1, 0.15) is 0 Å². The average molecular weight is 226 g/mol. The fraction of sp³-hybridized carbons (Fsp3) is 0.750. The number of thiazole rings is 1. The van der Waals surface area contributed by atoms with Crippen molar-refractivity contribution in [2.75, 3.05) is 6.54 Å². The van der Waals surface area contributed by atoms with Gasteiger partial charge in [0.05, 0.1) is 11.2 Å². The third-order valence-corrected chi connectivity index (χ3v) is 3.02. The second-order valence-corrected chi connectivity index (χ2v) is 6.34. The van der Waals surface area contributed by atoms with Crippen LogP contribution in [-0.4, -0.2) is 11.5 Å². The van der Waals surface area contributed by atoms with Gasteiger partial charge in [-0.15, -0.1) is 11.3 Å². The molecule has 0 unspecified atom stereocenters. The predicted octanol–water partition coefficient (Wildman–Crippen LogP) is 3.19. The van der Waals surface area contributed by atoms with Crippen molar-refractivity contribution >= 4 is 11.3 Å². The van der Waals surface area contributed by atoms with Gasteiger partial charge in [-0.05, 0) is 12.5 Å². The lowest BCUT2D eigenvalue weighted by atomic mass is 9.91. The van der Waals surface area contributed by atoms with Crippen LogP contribution in [0.2, 0.25) is 0 Å². The molecule has 1 rings (SSSR count). The highest BCUT2D eigenvalue weighted by atomic mass is 32.1. The SMILES string of the molecule is CC(C)CNCc1scnc1C(C)(C)C. The molecule has 1 aromatic heterocycles. The van der Waals surface area contributed by atoms with E-state index in [-0.39, 0.29) is 5.41 Å². The van der Waals surface area contributed by atoms with Crippen molar-refractivity contribution in [1.29, 1.82) is 0 Å². The summed E-state index contributed by atoms with van der Waals surface area (Å²) in [5, 5.41) is 3.47. The van der Waals surface area contributed by atoms with Crippen LogP contribution in [0.15, 0.2) is 5.51 Å². The Labute approximate surface area is 97.1 Å². The Kier molecular flexibility index (Phi) is 4.29. The molecular weight excluding hydrogens is 204 g/mol. The summed E-state index contributed by atoms with van der Waals surface area (Å²) < 4.78 is 0. The molecule has 1 heterocycles. The van der Waals surface area contributed by atoms with Crippen LogP contribution in [0, 0.1) is 5.92 Å². The Balaban J connectivity index is 2.58. The standard InChI is InChI=1S/C12H22N2S/c1-9(2)6-13-7-10-11(12(3,4)5)14-8-15-10/h8-9,13H,6-7H2,1-5H3. The van der Waals surface area contributed by atoms with Gasteiger partial charge < -0.3 is 5.32 Å². The number of hydrogen-bond donors (Lipinski definition) is 1. The average Bonchev–Trinajstić information content (AvgIpc) is 2.50. The third-order valence-electron chi connectivity index (χ3n) is 2.19. The molecule has 0 saturated heterocycles. The minimum Gasteiger partial charge on any atom is -0.312 e. The number of rotatable bonds is 4. The van der Waals surface area contributed by atoms with E-state index in [9.17, 15) is 0 Å². The van der Waals surface area contributed by atoms with Crippen LogP contribution in [0.5, 0.6) is 0 Å². The molecule has 1 aromatic rings. The van der Waals surface area contributed by atoms with Crippen molar-refractivity contribution < 1.29 is 0 Å². The van der Waals surface area contributed by atoms with Gasteiger partial charge in [-0.1, -0.05) is 34.6 Å². The quantitative estimate of drug-likeness (QED) is 0.853. The van der Waals surface area contributed by atoms with Crippen LogP contribution < -0.4 is 5.32 Å². The molecule has 0 radical (unpaired) electrons. The molecule has 0 saturated carbocycles. The first-order chi connectivity index (χ1) is 6.91. The second kappa shape index (κ2) is 5.08. The first-order valence-corrected chi connectivity index (χ1v) is 6.42. The molecule has 0 bridgehead atoms. The number of nitrogens with zero attached hydrogens (tertiary/aromatic N) is 1.